The first-order valence-corrected chi connectivity index (χ1v) is 3.52. The fraction of sp³-hybridized carbons (Fsp3) is 1.00. The predicted molar refractivity (Wildman–Crippen MR) is 31.7 cm³/mol. The van der Waals surface area contributed by atoms with E-state index in [2.05, 4.69) is 6.92 Å². The minimum atomic E-state index is 0.639. The zero-order valence-corrected chi connectivity index (χ0v) is 5.26. The lowest BCUT2D eigenvalue weighted by Gasteiger charge is -2.11. The van der Waals surface area contributed by atoms with Gasteiger partial charge in [-0.1, -0.05) is 6.92 Å². The molecular formula is C7H12O. The van der Waals surface area contributed by atoms with E-state index < -0.39 is 0 Å². The monoisotopic (exact) mass is 112 g/mol. The molecule has 2 fully saturated rings. The fourth-order valence-corrected chi connectivity index (χ4v) is 1.89. The van der Waals surface area contributed by atoms with Crippen LogP contribution in [0.4, 0.5) is 0 Å². The maximum atomic E-state index is 5.58. The summed E-state index contributed by atoms with van der Waals surface area (Å²) in [4.78, 5) is 0. The van der Waals surface area contributed by atoms with Crippen LogP contribution in [0.15, 0.2) is 0 Å². The van der Waals surface area contributed by atoms with Crippen LogP contribution >= 0.6 is 0 Å². The molecule has 1 nitrogen and oxygen atoms in total. The lowest BCUT2D eigenvalue weighted by Crippen LogP contribution is -2.11. The summed E-state index contributed by atoms with van der Waals surface area (Å²) in [6, 6.07) is 0. The number of hydrogen-bond donors (Lipinski definition) is 0. The molecule has 3 atom stereocenters. The largest absolute Gasteiger partial charge is 0.375 e. The van der Waals surface area contributed by atoms with Gasteiger partial charge in [-0.15, -0.1) is 0 Å². The lowest BCUT2D eigenvalue weighted by molar-refractivity contribution is 0.0949. The third-order valence-corrected chi connectivity index (χ3v) is 2.41. The van der Waals surface area contributed by atoms with Crippen molar-refractivity contribution in [2.24, 2.45) is 5.92 Å². The summed E-state index contributed by atoms with van der Waals surface area (Å²) in [7, 11) is 0. The summed E-state index contributed by atoms with van der Waals surface area (Å²) in [6.45, 7) is 2.30. The van der Waals surface area contributed by atoms with E-state index in [9.17, 15) is 0 Å². The summed E-state index contributed by atoms with van der Waals surface area (Å²) in [5.74, 6) is 0.855. The minimum Gasteiger partial charge on any atom is -0.375 e. The van der Waals surface area contributed by atoms with Gasteiger partial charge in [0.05, 0.1) is 12.2 Å². The van der Waals surface area contributed by atoms with Crippen molar-refractivity contribution in [2.45, 2.75) is 38.4 Å². The molecule has 0 aromatic carbocycles. The van der Waals surface area contributed by atoms with Crippen molar-refractivity contribution in [3.05, 3.63) is 0 Å². The molecule has 2 aliphatic heterocycles. The molecule has 2 aliphatic rings. The fourth-order valence-electron chi connectivity index (χ4n) is 1.89. The molecule has 2 rings (SSSR count). The molecule has 0 aliphatic carbocycles. The number of hydrogen-bond acceptors (Lipinski definition) is 1. The van der Waals surface area contributed by atoms with Gasteiger partial charge in [0.25, 0.3) is 0 Å². The van der Waals surface area contributed by atoms with Gasteiger partial charge >= 0.3 is 0 Å². The molecule has 0 N–H and O–H groups in total. The van der Waals surface area contributed by atoms with Gasteiger partial charge in [-0.05, 0) is 25.2 Å². The van der Waals surface area contributed by atoms with Gasteiger partial charge in [0.15, 0.2) is 0 Å². The quantitative estimate of drug-likeness (QED) is 0.462. The van der Waals surface area contributed by atoms with E-state index in [4.69, 9.17) is 4.74 Å². The van der Waals surface area contributed by atoms with E-state index in [1.165, 1.54) is 19.3 Å². The summed E-state index contributed by atoms with van der Waals surface area (Å²) >= 11 is 0. The highest BCUT2D eigenvalue weighted by Gasteiger charge is 2.37. The molecule has 0 spiro atoms. The minimum absolute atomic E-state index is 0.639. The molecule has 1 heteroatoms. The molecular weight excluding hydrogens is 100 g/mol. The Kier molecular flexibility index (Phi) is 0.884. The van der Waals surface area contributed by atoms with Crippen molar-refractivity contribution < 1.29 is 4.74 Å². The number of rotatable bonds is 0. The second kappa shape index (κ2) is 1.47. The van der Waals surface area contributed by atoms with E-state index in [0.29, 0.717) is 12.2 Å². The first-order valence-electron chi connectivity index (χ1n) is 3.52. The van der Waals surface area contributed by atoms with Crippen molar-refractivity contribution in [1.82, 2.24) is 0 Å². The molecule has 0 radical (unpaired) electrons. The topological polar surface area (TPSA) is 9.23 Å². The SMILES string of the molecule is C[C@@H]1C[C@H]2CC[C@@H]1O2. The first kappa shape index (κ1) is 4.80. The normalized spacial score (nSPS) is 52.9. The summed E-state index contributed by atoms with van der Waals surface area (Å²) in [5, 5.41) is 0. The van der Waals surface area contributed by atoms with Crippen LogP contribution in [0.25, 0.3) is 0 Å². The lowest BCUT2D eigenvalue weighted by atomic mass is 9.91. The molecule has 46 valence electrons. The van der Waals surface area contributed by atoms with Crippen molar-refractivity contribution >= 4 is 0 Å². The highest BCUT2D eigenvalue weighted by molar-refractivity contribution is 4.86. The van der Waals surface area contributed by atoms with Gasteiger partial charge in [-0.25, -0.2) is 0 Å². The Hall–Kier alpha value is -0.0400. The summed E-state index contributed by atoms with van der Waals surface area (Å²) in [5.41, 5.74) is 0. The van der Waals surface area contributed by atoms with Crippen molar-refractivity contribution in [1.29, 1.82) is 0 Å². The Morgan fingerprint density at radius 3 is 2.50 bits per heavy atom. The Morgan fingerprint density at radius 2 is 2.25 bits per heavy atom. The van der Waals surface area contributed by atoms with Crippen LogP contribution in [0.3, 0.4) is 0 Å². The second-order valence-corrected chi connectivity index (χ2v) is 3.09. The van der Waals surface area contributed by atoms with Crippen LogP contribution < -0.4 is 0 Å². The van der Waals surface area contributed by atoms with Gasteiger partial charge in [0.2, 0.25) is 0 Å². The number of ether oxygens (including phenoxy) is 1. The smallest absolute Gasteiger partial charge is 0.0606 e. The van der Waals surface area contributed by atoms with Crippen LogP contribution in [0.2, 0.25) is 0 Å². The van der Waals surface area contributed by atoms with Crippen LogP contribution in [-0.2, 0) is 4.74 Å². The van der Waals surface area contributed by atoms with Gasteiger partial charge in [-0.2, -0.15) is 0 Å². The Labute approximate surface area is 50.0 Å². The van der Waals surface area contributed by atoms with E-state index in [-0.39, 0.29) is 0 Å². The van der Waals surface area contributed by atoms with E-state index in [0.717, 1.165) is 5.92 Å². The predicted octanol–water partition coefficient (Wildman–Crippen LogP) is 1.57. The molecule has 0 aromatic rings. The van der Waals surface area contributed by atoms with Crippen LogP contribution in [0.1, 0.15) is 26.2 Å². The Bertz CT molecular complexity index is 98.6. The third kappa shape index (κ3) is 0.510. The van der Waals surface area contributed by atoms with Crippen molar-refractivity contribution in [2.75, 3.05) is 0 Å². The van der Waals surface area contributed by atoms with Crippen LogP contribution in [0, 0.1) is 5.92 Å². The maximum absolute atomic E-state index is 5.58. The number of fused-ring (bicyclic) bond motifs is 2. The Morgan fingerprint density at radius 1 is 1.38 bits per heavy atom. The average molecular weight is 112 g/mol. The zero-order chi connectivity index (χ0) is 5.56. The summed E-state index contributed by atoms with van der Waals surface area (Å²) < 4.78 is 5.58. The molecule has 0 saturated carbocycles. The molecule has 0 aromatic heterocycles. The summed E-state index contributed by atoms with van der Waals surface area (Å²) in [6.07, 6.45) is 5.26. The van der Waals surface area contributed by atoms with Gasteiger partial charge in [0.1, 0.15) is 0 Å². The highest BCUT2D eigenvalue weighted by atomic mass is 16.5. The van der Waals surface area contributed by atoms with Crippen molar-refractivity contribution in [3.63, 3.8) is 0 Å². The zero-order valence-electron chi connectivity index (χ0n) is 5.26. The molecule has 0 amide bonds. The van der Waals surface area contributed by atoms with Gasteiger partial charge < -0.3 is 4.74 Å². The van der Waals surface area contributed by atoms with Crippen molar-refractivity contribution in [3.8, 4) is 0 Å². The molecule has 2 heterocycles. The maximum Gasteiger partial charge on any atom is 0.0606 e. The van der Waals surface area contributed by atoms with Gasteiger partial charge in [0, 0.05) is 0 Å². The van der Waals surface area contributed by atoms with E-state index >= 15 is 0 Å². The molecule has 0 unspecified atom stereocenters. The molecule has 2 bridgehead atoms. The highest BCUT2D eigenvalue weighted by Crippen LogP contribution is 2.37. The average Bonchev–Trinajstić information content (AvgIpc) is 2.23. The van der Waals surface area contributed by atoms with Crippen LogP contribution in [0.5, 0.6) is 0 Å². The molecule has 2 saturated heterocycles. The Balaban J connectivity index is 2.11. The standard InChI is InChI=1S/C7H12O/c1-5-4-6-2-3-7(5)8-6/h5-7H,2-4H2,1H3/t5-,6-,7+/m1/s1. The first-order chi connectivity index (χ1) is 3.86. The van der Waals surface area contributed by atoms with Gasteiger partial charge in [-0.3, -0.25) is 0 Å². The second-order valence-electron chi connectivity index (χ2n) is 3.09. The van der Waals surface area contributed by atoms with Crippen LogP contribution in [-0.4, -0.2) is 12.2 Å². The van der Waals surface area contributed by atoms with E-state index in [1.807, 2.05) is 0 Å². The molecule has 8 heavy (non-hydrogen) atoms. The third-order valence-electron chi connectivity index (χ3n) is 2.41. The van der Waals surface area contributed by atoms with E-state index in [1.54, 1.807) is 0 Å².